The summed E-state index contributed by atoms with van der Waals surface area (Å²) in [6.07, 6.45) is 2.57. The van der Waals surface area contributed by atoms with Crippen molar-refractivity contribution in [2.75, 3.05) is 11.9 Å². The second-order valence-electron chi connectivity index (χ2n) is 6.73. The lowest BCUT2D eigenvalue weighted by Gasteiger charge is -2.09. The summed E-state index contributed by atoms with van der Waals surface area (Å²) in [6.45, 7) is 3.46. The van der Waals surface area contributed by atoms with Crippen LogP contribution in [0.25, 0.3) is 21.8 Å². The number of thiazole rings is 1. The fourth-order valence-electron chi connectivity index (χ4n) is 3.01. The molecule has 0 radical (unpaired) electrons. The molecule has 4 aromatic rings. The first-order valence-corrected chi connectivity index (χ1v) is 10.7. The van der Waals surface area contributed by atoms with Crippen molar-refractivity contribution in [1.29, 1.82) is 0 Å². The molecular weight excluding hydrogens is 448 g/mol. The van der Waals surface area contributed by atoms with E-state index in [0.717, 1.165) is 11.3 Å². The summed E-state index contributed by atoms with van der Waals surface area (Å²) < 4.78 is 15.5. The number of rotatable bonds is 6. The third-order valence-corrected chi connectivity index (χ3v) is 5.58. The molecule has 0 fully saturated rings. The minimum absolute atomic E-state index is 0.153. The zero-order chi connectivity index (χ0) is 23.4. The Balaban J connectivity index is 1.53. The maximum atomic E-state index is 12.7. The third kappa shape index (κ3) is 5.04. The van der Waals surface area contributed by atoms with Crippen LogP contribution in [0.3, 0.4) is 0 Å². The molecule has 1 aromatic carbocycles. The zero-order valence-electron chi connectivity index (χ0n) is 17.7. The fourth-order valence-corrected chi connectivity index (χ4v) is 3.92. The van der Waals surface area contributed by atoms with Crippen LogP contribution in [0.15, 0.2) is 51.9 Å². The first-order valence-electron chi connectivity index (χ1n) is 9.87. The van der Waals surface area contributed by atoms with Gasteiger partial charge in [-0.25, -0.2) is 29.3 Å². The lowest BCUT2D eigenvalue weighted by Crippen LogP contribution is -2.13. The second kappa shape index (κ2) is 9.57. The van der Waals surface area contributed by atoms with Crippen molar-refractivity contribution in [3.63, 3.8) is 0 Å². The number of amides is 1. The van der Waals surface area contributed by atoms with Crippen LogP contribution in [-0.4, -0.2) is 33.6 Å². The van der Waals surface area contributed by atoms with E-state index in [9.17, 15) is 14.4 Å². The Morgan fingerprint density at radius 1 is 1.15 bits per heavy atom. The van der Waals surface area contributed by atoms with E-state index >= 15 is 0 Å². The average Bonchev–Trinajstić information content (AvgIpc) is 3.19. The van der Waals surface area contributed by atoms with Crippen LogP contribution in [0.2, 0.25) is 0 Å². The lowest BCUT2D eigenvalue weighted by molar-refractivity contribution is 0.0478. The molecule has 0 aliphatic heterocycles. The Labute approximate surface area is 191 Å². The van der Waals surface area contributed by atoms with E-state index in [2.05, 4.69) is 20.3 Å². The number of nitrogens with zero attached hydrogens (tertiary/aromatic N) is 3. The molecule has 0 atom stereocenters. The number of aryl methyl sites for hydroxylation is 1. The number of hydrogen-bond acceptors (Lipinski definition) is 10. The van der Waals surface area contributed by atoms with Gasteiger partial charge < -0.3 is 13.9 Å². The maximum Gasteiger partial charge on any atom is 0.411 e. The molecule has 0 saturated carbocycles. The highest BCUT2D eigenvalue weighted by Crippen LogP contribution is 2.27. The van der Waals surface area contributed by atoms with Crippen molar-refractivity contribution in [1.82, 2.24) is 15.0 Å². The minimum atomic E-state index is -0.621. The predicted octanol–water partition coefficient (Wildman–Crippen LogP) is 3.94. The number of carbonyl (C=O) groups is 2. The van der Waals surface area contributed by atoms with Crippen molar-refractivity contribution in [3.8, 4) is 10.8 Å². The summed E-state index contributed by atoms with van der Waals surface area (Å²) in [5.74, 6) is -0.155. The number of aromatic nitrogens is 3. The molecule has 0 aliphatic carbocycles. The number of fused-ring (bicyclic) bond motifs is 1. The summed E-state index contributed by atoms with van der Waals surface area (Å²) in [7, 11) is 0. The second-order valence-corrected chi connectivity index (χ2v) is 7.73. The van der Waals surface area contributed by atoms with Crippen LogP contribution in [-0.2, 0) is 16.1 Å². The van der Waals surface area contributed by atoms with Gasteiger partial charge in [0.25, 0.3) is 0 Å². The van der Waals surface area contributed by atoms with E-state index in [1.807, 2.05) is 0 Å². The minimum Gasteiger partial charge on any atom is -0.457 e. The molecule has 0 bridgehead atoms. The van der Waals surface area contributed by atoms with Crippen molar-refractivity contribution in [3.05, 3.63) is 69.3 Å². The van der Waals surface area contributed by atoms with Gasteiger partial charge in [-0.05, 0) is 32.0 Å². The van der Waals surface area contributed by atoms with Crippen LogP contribution in [0.5, 0.6) is 0 Å². The van der Waals surface area contributed by atoms with Crippen LogP contribution in [0.1, 0.15) is 27.9 Å². The van der Waals surface area contributed by atoms with Gasteiger partial charge in [0.2, 0.25) is 0 Å². The SMILES string of the molecule is CCOC(=O)Nc1ccc2c(COC(=O)c3sc(-c4ncccn4)nc3C)cc(=O)oc2c1. The summed E-state index contributed by atoms with van der Waals surface area (Å²) in [4.78, 5) is 49.3. The molecule has 0 saturated heterocycles. The van der Waals surface area contributed by atoms with Gasteiger partial charge in [-0.15, -0.1) is 11.3 Å². The van der Waals surface area contributed by atoms with Crippen molar-refractivity contribution in [2.45, 2.75) is 20.5 Å². The number of esters is 1. The highest BCUT2D eigenvalue weighted by molar-refractivity contribution is 7.16. The quantitative estimate of drug-likeness (QED) is 0.331. The van der Waals surface area contributed by atoms with E-state index in [1.165, 1.54) is 12.1 Å². The Bertz CT molecular complexity index is 1380. The largest absolute Gasteiger partial charge is 0.457 e. The van der Waals surface area contributed by atoms with Gasteiger partial charge in [-0.2, -0.15) is 0 Å². The molecule has 168 valence electrons. The lowest BCUT2D eigenvalue weighted by atomic mass is 10.1. The van der Waals surface area contributed by atoms with Crippen LogP contribution >= 0.6 is 11.3 Å². The zero-order valence-corrected chi connectivity index (χ0v) is 18.5. The van der Waals surface area contributed by atoms with E-state index in [4.69, 9.17) is 13.9 Å². The highest BCUT2D eigenvalue weighted by Gasteiger charge is 2.19. The van der Waals surface area contributed by atoms with E-state index in [1.54, 1.807) is 44.4 Å². The number of hydrogen-bond donors (Lipinski definition) is 1. The molecule has 33 heavy (non-hydrogen) atoms. The van der Waals surface area contributed by atoms with Gasteiger partial charge in [-0.1, -0.05) is 0 Å². The highest BCUT2D eigenvalue weighted by atomic mass is 32.1. The van der Waals surface area contributed by atoms with Crippen LogP contribution in [0.4, 0.5) is 10.5 Å². The fraction of sp³-hybridized carbons (Fsp3) is 0.182. The Hall–Kier alpha value is -4.12. The van der Waals surface area contributed by atoms with Crippen LogP contribution in [0, 0.1) is 6.92 Å². The molecule has 11 heteroatoms. The smallest absolute Gasteiger partial charge is 0.411 e. The molecule has 4 rings (SSSR count). The Kier molecular flexibility index (Phi) is 6.41. The summed E-state index contributed by atoms with van der Waals surface area (Å²) >= 11 is 1.13. The van der Waals surface area contributed by atoms with Gasteiger partial charge in [-0.3, -0.25) is 5.32 Å². The molecule has 3 aromatic heterocycles. The number of benzene rings is 1. The Morgan fingerprint density at radius 3 is 2.70 bits per heavy atom. The van der Waals surface area contributed by atoms with Crippen molar-refractivity contribution in [2.24, 2.45) is 0 Å². The molecule has 1 amide bonds. The first kappa shape index (κ1) is 22.1. The van der Waals surface area contributed by atoms with E-state index in [0.29, 0.717) is 38.0 Å². The van der Waals surface area contributed by atoms with Gasteiger partial charge >= 0.3 is 17.7 Å². The van der Waals surface area contributed by atoms with E-state index in [-0.39, 0.29) is 18.8 Å². The van der Waals surface area contributed by atoms with Gasteiger partial charge in [0.15, 0.2) is 10.8 Å². The maximum absolute atomic E-state index is 12.7. The molecule has 0 spiro atoms. The van der Waals surface area contributed by atoms with Gasteiger partial charge in [0.1, 0.15) is 17.1 Å². The van der Waals surface area contributed by atoms with Gasteiger partial charge in [0, 0.05) is 41.2 Å². The normalized spacial score (nSPS) is 10.7. The average molecular weight is 466 g/mol. The monoisotopic (exact) mass is 466 g/mol. The number of nitrogens with one attached hydrogen (secondary N) is 1. The van der Waals surface area contributed by atoms with Crippen molar-refractivity contribution < 1.29 is 23.5 Å². The van der Waals surface area contributed by atoms with Crippen molar-refractivity contribution >= 4 is 40.1 Å². The number of ether oxygens (including phenoxy) is 2. The molecular formula is C22H18N4O6S. The summed E-state index contributed by atoms with van der Waals surface area (Å²) in [5, 5.41) is 3.62. The Morgan fingerprint density at radius 2 is 1.94 bits per heavy atom. The molecule has 0 aliphatic rings. The number of anilines is 1. The van der Waals surface area contributed by atoms with Crippen LogP contribution < -0.4 is 10.9 Å². The predicted molar refractivity (Wildman–Crippen MR) is 120 cm³/mol. The standard InChI is InChI=1S/C22H18N4O6S/c1-3-30-22(29)26-14-5-6-15-13(9-17(27)32-16(15)10-14)11-31-21(28)18-12(2)25-20(33-18)19-23-7-4-8-24-19/h4-10H,3,11H2,1-2H3,(H,26,29). The molecule has 0 unspecified atom stereocenters. The first-order chi connectivity index (χ1) is 15.9. The molecule has 10 nitrogen and oxygen atoms in total. The summed E-state index contributed by atoms with van der Waals surface area (Å²) in [5.41, 5.74) is 0.986. The van der Waals surface area contributed by atoms with Gasteiger partial charge in [0.05, 0.1) is 12.3 Å². The van der Waals surface area contributed by atoms with E-state index < -0.39 is 17.7 Å². The number of carbonyl (C=O) groups excluding carboxylic acids is 2. The topological polar surface area (TPSA) is 134 Å². The third-order valence-electron chi connectivity index (χ3n) is 4.45. The molecule has 3 heterocycles. The molecule has 1 N–H and O–H groups in total. The summed E-state index contributed by atoms with van der Waals surface area (Å²) in [6, 6.07) is 7.74.